The molecular weight excluding hydrogens is 247 g/mol. The number of amides is 1. The number of hydrogen-bond acceptors (Lipinski definition) is 2. The van der Waals surface area contributed by atoms with Crippen LogP contribution in [0.25, 0.3) is 0 Å². The first-order valence-electron chi connectivity index (χ1n) is 5.47. The molecule has 1 unspecified atom stereocenters. The third-order valence-electron chi connectivity index (χ3n) is 2.89. The summed E-state index contributed by atoms with van der Waals surface area (Å²) in [5.74, 6) is 0. The molecule has 0 bridgehead atoms. The van der Waals surface area contributed by atoms with Crippen molar-refractivity contribution in [1.82, 2.24) is 4.90 Å². The zero-order valence-corrected chi connectivity index (χ0v) is 9.70. The quantitative estimate of drug-likeness (QED) is 0.775. The van der Waals surface area contributed by atoms with E-state index >= 15 is 0 Å². The summed E-state index contributed by atoms with van der Waals surface area (Å²) in [7, 11) is 1.55. The fourth-order valence-corrected chi connectivity index (χ4v) is 1.93. The molecule has 2 rings (SSSR count). The van der Waals surface area contributed by atoms with Crippen LogP contribution in [0.4, 0.5) is 18.0 Å². The Bertz CT molecular complexity index is 459. The maximum absolute atomic E-state index is 12.8. The van der Waals surface area contributed by atoms with E-state index in [4.69, 9.17) is 4.74 Å². The van der Waals surface area contributed by atoms with Gasteiger partial charge in [0.2, 0.25) is 0 Å². The highest BCUT2D eigenvalue weighted by molar-refractivity contribution is 5.68. The van der Waals surface area contributed by atoms with Gasteiger partial charge in [-0.05, 0) is 6.07 Å². The third-order valence-corrected chi connectivity index (χ3v) is 2.89. The summed E-state index contributed by atoms with van der Waals surface area (Å²) in [6.45, 7) is 0.385. The largest absolute Gasteiger partial charge is 0.441 e. The highest BCUT2D eigenvalue weighted by atomic mass is 19.4. The second-order valence-corrected chi connectivity index (χ2v) is 4.17. The van der Waals surface area contributed by atoms with Crippen molar-refractivity contribution >= 4 is 6.09 Å². The van der Waals surface area contributed by atoms with Gasteiger partial charge in [0.25, 0.3) is 0 Å². The first-order chi connectivity index (χ1) is 8.39. The molecule has 98 valence electrons. The molecule has 1 fully saturated rings. The van der Waals surface area contributed by atoms with Gasteiger partial charge in [0.1, 0.15) is 6.10 Å². The lowest BCUT2D eigenvalue weighted by atomic mass is 9.99. The molecule has 0 saturated carbocycles. The Balaban J connectivity index is 2.32. The van der Waals surface area contributed by atoms with E-state index in [1.54, 1.807) is 7.05 Å². The highest BCUT2D eigenvalue weighted by Gasteiger charge is 2.37. The van der Waals surface area contributed by atoms with Gasteiger partial charge >= 0.3 is 12.3 Å². The number of rotatable bonds is 1. The van der Waals surface area contributed by atoms with Crippen molar-refractivity contribution in [2.45, 2.75) is 18.7 Å². The molecule has 0 N–H and O–H groups in total. The highest BCUT2D eigenvalue weighted by Crippen LogP contribution is 2.37. The van der Waals surface area contributed by atoms with Crippen molar-refractivity contribution in [2.75, 3.05) is 13.6 Å². The van der Waals surface area contributed by atoms with E-state index in [2.05, 4.69) is 0 Å². The van der Waals surface area contributed by atoms with Gasteiger partial charge in [0.15, 0.2) is 0 Å². The van der Waals surface area contributed by atoms with Gasteiger partial charge in [-0.2, -0.15) is 13.2 Å². The fourth-order valence-electron chi connectivity index (χ4n) is 1.93. The van der Waals surface area contributed by atoms with Crippen molar-refractivity contribution in [2.24, 2.45) is 0 Å². The number of halogens is 3. The Kier molecular flexibility index (Phi) is 3.19. The first kappa shape index (κ1) is 12.7. The maximum atomic E-state index is 12.8. The van der Waals surface area contributed by atoms with Crippen molar-refractivity contribution in [3.63, 3.8) is 0 Å². The molecule has 1 aromatic carbocycles. The number of hydrogen-bond donors (Lipinski definition) is 0. The van der Waals surface area contributed by atoms with Crippen LogP contribution in [0.2, 0.25) is 0 Å². The molecule has 6 heteroatoms. The summed E-state index contributed by atoms with van der Waals surface area (Å²) in [4.78, 5) is 12.7. The summed E-state index contributed by atoms with van der Waals surface area (Å²) >= 11 is 0. The van der Waals surface area contributed by atoms with Gasteiger partial charge < -0.3 is 9.64 Å². The lowest BCUT2D eigenvalue weighted by Crippen LogP contribution is -2.36. The van der Waals surface area contributed by atoms with Crippen LogP contribution in [0.3, 0.4) is 0 Å². The second-order valence-electron chi connectivity index (χ2n) is 4.17. The first-order valence-corrected chi connectivity index (χ1v) is 5.47. The van der Waals surface area contributed by atoms with Gasteiger partial charge in [-0.1, -0.05) is 18.2 Å². The minimum atomic E-state index is -4.44. The van der Waals surface area contributed by atoms with Crippen LogP contribution < -0.4 is 0 Å². The monoisotopic (exact) mass is 259 g/mol. The van der Waals surface area contributed by atoms with Gasteiger partial charge in [0.05, 0.1) is 5.56 Å². The molecule has 18 heavy (non-hydrogen) atoms. The fraction of sp³-hybridized carbons (Fsp3) is 0.417. The summed E-state index contributed by atoms with van der Waals surface area (Å²) < 4.78 is 43.5. The third kappa shape index (κ3) is 2.42. The minimum absolute atomic E-state index is 0.0199. The van der Waals surface area contributed by atoms with E-state index in [0.717, 1.165) is 6.07 Å². The van der Waals surface area contributed by atoms with E-state index in [1.165, 1.54) is 23.1 Å². The molecule has 0 spiro atoms. The predicted molar refractivity (Wildman–Crippen MR) is 57.9 cm³/mol. The van der Waals surface area contributed by atoms with Crippen molar-refractivity contribution in [3.8, 4) is 0 Å². The molecule has 1 aliphatic heterocycles. The number of ether oxygens (including phenoxy) is 1. The number of carbonyl (C=O) groups excluding carboxylic acids is 1. The SMILES string of the molecule is CN1CCC(c2ccccc2C(F)(F)F)OC1=O. The molecule has 1 atom stereocenters. The number of cyclic esters (lactones) is 1. The number of carbonyl (C=O) groups is 1. The van der Waals surface area contributed by atoms with Crippen LogP contribution in [0, 0.1) is 0 Å². The van der Waals surface area contributed by atoms with Crippen LogP contribution in [0.1, 0.15) is 23.7 Å². The molecule has 1 aromatic rings. The zero-order chi connectivity index (χ0) is 13.3. The van der Waals surface area contributed by atoms with Crippen molar-refractivity contribution in [1.29, 1.82) is 0 Å². The maximum Gasteiger partial charge on any atom is 0.416 e. The number of alkyl halides is 3. The molecule has 0 aliphatic carbocycles. The topological polar surface area (TPSA) is 29.5 Å². The standard InChI is InChI=1S/C12H12F3NO2/c1-16-7-6-10(18-11(16)17)8-4-2-3-5-9(8)12(13,14)15/h2-5,10H,6-7H2,1H3. The summed E-state index contributed by atoms with van der Waals surface area (Å²) in [5, 5.41) is 0. The van der Waals surface area contributed by atoms with E-state index in [9.17, 15) is 18.0 Å². The summed E-state index contributed by atoms with van der Waals surface area (Å²) in [6, 6.07) is 5.19. The van der Waals surface area contributed by atoms with Crippen LogP contribution in [0.15, 0.2) is 24.3 Å². The Morgan fingerprint density at radius 2 is 2.00 bits per heavy atom. The predicted octanol–water partition coefficient (Wildman–Crippen LogP) is 3.22. The molecule has 0 aromatic heterocycles. The van der Waals surface area contributed by atoms with E-state index in [1.807, 2.05) is 0 Å². The Morgan fingerprint density at radius 1 is 1.33 bits per heavy atom. The Morgan fingerprint density at radius 3 is 2.61 bits per heavy atom. The molecule has 1 aliphatic rings. The van der Waals surface area contributed by atoms with E-state index < -0.39 is 23.9 Å². The molecule has 1 amide bonds. The van der Waals surface area contributed by atoms with Gasteiger partial charge in [0, 0.05) is 25.6 Å². The van der Waals surface area contributed by atoms with Crippen molar-refractivity contribution in [3.05, 3.63) is 35.4 Å². The van der Waals surface area contributed by atoms with Gasteiger partial charge in [-0.25, -0.2) is 4.79 Å². The van der Waals surface area contributed by atoms with Gasteiger partial charge in [-0.3, -0.25) is 0 Å². The summed E-state index contributed by atoms with van der Waals surface area (Å²) in [5.41, 5.74) is -0.723. The smallest absolute Gasteiger partial charge is 0.416 e. The molecule has 1 heterocycles. The average Bonchev–Trinajstić information content (AvgIpc) is 2.32. The van der Waals surface area contributed by atoms with E-state index in [0.29, 0.717) is 13.0 Å². The van der Waals surface area contributed by atoms with Crippen LogP contribution >= 0.6 is 0 Å². The number of nitrogens with zero attached hydrogens (tertiary/aromatic N) is 1. The average molecular weight is 259 g/mol. The second kappa shape index (κ2) is 4.51. The summed E-state index contributed by atoms with van der Waals surface area (Å²) in [6.07, 6.45) is -5.50. The van der Waals surface area contributed by atoms with Crippen LogP contribution in [0.5, 0.6) is 0 Å². The Hall–Kier alpha value is -1.72. The minimum Gasteiger partial charge on any atom is -0.441 e. The molecule has 1 saturated heterocycles. The van der Waals surface area contributed by atoms with E-state index in [-0.39, 0.29) is 5.56 Å². The normalized spacial score (nSPS) is 20.8. The number of benzene rings is 1. The lowest BCUT2D eigenvalue weighted by molar-refractivity contribution is -0.139. The lowest BCUT2D eigenvalue weighted by Gasteiger charge is -2.30. The molecule has 0 radical (unpaired) electrons. The van der Waals surface area contributed by atoms with Crippen LogP contribution in [-0.2, 0) is 10.9 Å². The molecule has 3 nitrogen and oxygen atoms in total. The zero-order valence-electron chi connectivity index (χ0n) is 9.70. The van der Waals surface area contributed by atoms with Crippen molar-refractivity contribution < 1.29 is 22.7 Å². The van der Waals surface area contributed by atoms with Crippen LogP contribution in [-0.4, -0.2) is 24.6 Å². The van der Waals surface area contributed by atoms with Gasteiger partial charge in [-0.15, -0.1) is 0 Å². The Labute approximate surface area is 102 Å². The molecular formula is C12H12F3NO2.